The first-order valence-electron chi connectivity index (χ1n) is 8.49. The van der Waals surface area contributed by atoms with Crippen LogP contribution in [0.15, 0.2) is 32.7 Å². The summed E-state index contributed by atoms with van der Waals surface area (Å²) in [4.78, 5) is 44.4. The van der Waals surface area contributed by atoms with Gasteiger partial charge < -0.3 is 9.72 Å². The predicted octanol–water partition coefficient (Wildman–Crippen LogP) is 2.09. The smallest absolute Gasteiger partial charge is 0.329 e. The minimum atomic E-state index is -0.493. The van der Waals surface area contributed by atoms with Crippen LogP contribution in [0.3, 0.4) is 0 Å². The van der Waals surface area contributed by atoms with Crippen LogP contribution in [-0.4, -0.2) is 21.1 Å². The van der Waals surface area contributed by atoms with Crippen LogP contribution in [0.1, 0.15) is 31.3 Å². The van der Waals surface area contributed by atoms with Crippen molar-refractivity contribution in [3.63, 3.8) is 0 Å². The maximum absolute atomic E-state index is 12.6. The molecule has 3 rings (SSSR count). The van der Waals surface area contributed by atoms with E-state index in [0.717, 1.165) is 15.9 Å². The zero-order chi connectivity index (χ0) is 18.8. The highest BCUT2D eigenvalue weighted by Crippen LogP contribution is 2.20. The lowest BCUT2D eigenvalue weighted by Gasteiger charge is -2.09. The SMILES string of the molecule is CCc1cc2c(=O)n(Cc3cc(=O)c(OCC(C)C)c[nH]3)c(=O)[nH]c2s1. The molecule has 0 bridgehead atoms. The van der Waals surface area contributed by atoms with Crippen molar-refractivity contribution in [1.82, 2.24) is 14.5 Å². The van der Waals surface area contributed by atoms with Crippen LogP contribution >= 0.6 is 11.3 Å². The van der Waals surface area contributed by atoms with Crippen molar-refractivity contribution in [2.24, 2.45) is 5.92 Å². The second-order valence-electron chi connectivity index (χ2n) is 6.52. The molecule has 2 N–H and O–H groups in total. The van der Waals surface area contributed by atoms with Crippen LogP contribution < -0.4 is 21.4 Å². The van der Waals surface area contributed by atoms with Gasteiger partial charge in [-0.2, -0.15) is 0 Å². The van der Waals surface area contributed by atoms with E-state index in [-0.39, 0.29) is 23.3 Å². The number of ether oxygens (including phenoxy) is 1. The van der Waals surface area contributed by atoms with Crippen molar-refractivity contribution in [3.05, 3.63) is 60.0 Å². The average molecular weight is 375 g/mol. The highest BCUT2D eigenvalue weighted by atomic mass is 32.1. The quantitative estimate of drug-likeness (QED) is 0.689. The van der Waals surface area contributed by atoms with Gasteiger partial charge in [0.15, 0.2) is 5.75 Å². The fraction of sp³-hybridized carbons (Fsp3) is 0.389. The topological polar surface area (TPSA) is 96.9 Å². The number of aromatic amines is 2. The number of nitrogens with one attached hydrogen (secondary N) is 2. The summed E-state index contributed by atoms with van der Waals surface area (Å²) in [7, 11) is 0. The third kappa shape index (κ3) is 3.65. The Labute approximate surface area is 153 Å². The Balaban J connectivity index is 1.94. The second-order valence-corrected chi connectivity index (χ2v) is 7.66. The zero-order valence-electron chi connectivity index (χ0n) is 14.9. The summed E-state index contributed by atoms with van der Waals surface area (Å²) in [5.41, 5.74) is -0.674. The number of thiophene rings is 1. The maximum atomic E-state index is 12.6. The molecule has 3 aromatic heterocycles. The zero-order valence-corrected chi connectivity index (χ0v) is 15.7. The molecule has 7 nitrogen and oxygen atoms in total. The minimum Gasteiger partial charge on any atom is -0.488 e. The summed E-state index contributed by atoms with van der Waals surface area (Å²) < 4.78 is 6.54. The maximum Gasteiger partial charge on any atom is 0.329 e. The fourth-order valence-electron chi connectivity index (χ4n) is 2.55. The molecule has 3 aromatic rings. The number of aryl methyl sites for hydroxylation is 1. The third-order valence-corrected chi connectivity index (χ3v) is 5.11. The molecule has 0 saturated heterocycles. The van der Waals surface area contributed by atoms with Crippen molar-refractivity contribution in [3.8, 4) is 5.75 Å². The summed E-state index contributed by atoms with van der Waals surface area (Å²) in [6, 6.07) is 3.16. The van der Waals surface area contributed by atoms with Crippen molar-refractivity contribution in [1.29, 1.82) is 0 Å². The first-order valence-corrected chi connectivity index (χ1v) is 9.30. The van der Waals surface area contributed by atoms with Crippen LogP contribution in [0.5, 0.6) is 5.75 Å². The number of fused-ring (bicyclic) bond motifs is 1. The number of nitrogens with zero attached hydrogens (tertiary/aromatic N) is 1. The Morgan fingerprint density at radius 3 is 2.65 bits per heavy atom. The van der Waals surface area contributed by atoms with Crippen LogP contribution in [0.25, 0.3) is 10.2 Å². The van der Waals surface area contributed by atoms with Crippen molar-refractivity contribution >= 4 is 21.6 Å². The third-order valence-electron chi connectivity index (χ3n) is 3.91. The van der Waals surface area contributed by atoms with Gasteiger partial charge in [-0.3, -0.25) is 19.1 Å². The molecule has 138 valence electrons. The lowest BCUT2D eigenvalue weighted by molar-refractivity contribution is 0.267. The van der Waals surface area contributed by atoms with Gasteiger partial charge in [-0.1, -0.05) is 20.8 Å². The molecular weight excluding hydrogens is 354 g/mol. The normalized spacial score (nSPS) is 11.4. The van der Waals surface area contributed by atoms with E-state index in [4.69, 9.17) is 4.74 Å². The van der Waals surface area contributed by atoms with Gasteiger partial charge in [-0.25, -0.2) is 4.79 Å². The Hall–Kier alpha value is -2.61. The molecule has 0 aliphatic heterocycles. The van der Waals surface area contributed by atoms with Crippen LogP contribution in [0, 0.1) is 5.92 Å². The van der Waals surface area contributed by atoms with Gasteiger partial charge in [0.1, 0.15) is 4.83 Å². The Kier molecular flexibility index (Phi) is 5.13. The summed E-state index contributed by atoms with van der Waals surface area (Å²) in [6.45, 7) is 6.41. The molecule has 0 saturated carbocycles. The minimum absolute atomic E-state index is 0.0128. The number of aromatic nitrogens is 3. The van der Waals surface area contributed by atoms with E-state index in [9.17, 15) is 14.4 Å². The molecule has 0 aromatic carbocycles. The van der Waals surface area contributed by atoms with E-state index in [1.807, 2.05) is 20.8 Å². The van der Waals surface area contributed by atoms with Crippen LogP contribution in [0.4, 0.5) is 0 Å². The second kappa shape index (κ2) is 7.33. The van der Waals surface area contributed by atoms with Gasteiger partial charge in [-0.05, 0) is 18.4 Å². The van der Waals surface area contributed by atoms with E-state index in [0.29, 0.717) is 28.4 Å². The molecule has 26 heavy (non-hydrogen) atoms. The molecule has 0 unspecified atom stereocenters. The van der Waals surface area contributed by atoms with Crippen molar-refractivity contribution in [2.75, 3.05) is 6.61 Å². The van der Waals surface area contributed by atoms with Gasteiger partial charge in [-0.15, -0.1) is 11.3 Å². The number of H-pyrrole nitrogens is 2. The average Bonchev–Trinajstić information content (AvgIpc) is 3.01. The number of rotatable bonds is 6. The van der Waals surface area contributed by atoms with E-state index in [1.54, 1.807) is 6.07 Å². The molecule has 8 heteroatoms. The largest absolute Gasteiger partial charge is 0.488 e. The number of pyridine rings is 1. The predicted molar refractivity (Wildman–Crippen MR) is 103 cm³/mol. The molecule has 0 spiro atoms. The first kappa shape index (κ1) is 18.2. The Morgan fingerprint density at radius 2 is 2.00 bits per heavy atom. The van der Waals surface area contributed by atoms with Crippen LogP contribution in [-0.2, 0) is 13.0 Å². The number of hydrogen-bond acceptors (Lipinski definition) is 5. The molecule has 0 aliphatic carbocycles. The summed E-state index contributed by atoms with van der Waals surface area (Å²) in [5.74, 6) is 0.529. The summed E-state index contributed by atoms with van der Waals surface area (Å²) in [6.07, 6.45) is 2.27. The Morgan fingerprint density at radius 1 is 1.23 bits per heavy atom. The van der Waals surface area contributed by atoms with E-state index in [1.165, 1.54) is 23.6 Å². The van der Waals surface area contributed by atoms with Crippen molar-refractivity contribution in [2.45, 2.75) is 33.7 Å². The van der Waals surface area contributed by atoms with E-state index >= 15 is 0 Å². The molecule has 3 heterocycles. The van der Waals surface area contributed by atoms with Gasteiger partial charge >= 0.3 is 5.69 Å². The first-order chi connectivity index (χ1) is 12.4. The highest BCUT2D eigenvalue weighted by molar-refractivity contribution is 7.18. The van der Waals surface area contributed by atoms with Gasteiger partial charge in [0.2, 0.25) is 5.43 Å². The number of hydrogen-bond donors (Lipinski definition) is 2. The summed E-state index contributed by atoms with van der Waals surface area (Å²) in [5, 5.41) is 0.491. The van der Waals surface area contributed by atoms with Crippen LogP contribution in [0.2, 0.25) is 0 Å². The molecular formula is C18H21N3O4S. The fourth-order valence-corrected chi connectivity index (χ4v) is 3.52. The summed E-state index contributed by atoms with van der Waals surface area (Å²) >= 11 is 1.41. The molecule has 0 radical (unpaired) electrons. The molecule has 0 atom stereocenters. The lowest BCUT2D eigenvalue weighted by Crippen LogP contribution is -2.35. The standard InChI is InChI=1S/C18H21N3O4S/c1-4-12-6-13-16(26-12)20-18(24)21(17(13)23)8-11-5-14(22)15(7-19-11)25-9-10(2)3/h5-7,10H,4,8-9H2,1-3H3,(H,19,22)(H,20,24). The van der Waals surface area contributed by atoms with Gasteiger partial charge in [0, 0.05) is 22.8 Å². The van der Waals surface area contributed by atoms with Crippen molar-refractivity contribution < 1.29 is 4.74 Å². The Bertz CT molecular complexity index is 1100. The molecule has 0 aliphatic rings. The molecule has 0 amide bonds. The van der Waals surface area contributed by atoms with E-state index < -0.39 is 5.69 Å². The van der Waals surface area contributed by atoms with Gasteiger partial charge in [0.25, 0.3) is 5.56 Å². The van der Waals surface area contributed by atoms with Gasteiger partial charge in [0.05, 0.1) is 18.5 Å². The monoisotopic (exact) mass is 375 g/mol. The van der Waals surface area contributed by atoms with E-state index in [2.05, 4.69) is 9.97 Å². The molecule has 0 fully saturated rings. The highest BCUT2D eigenvalue weighted by Gasteiger charge is 2.12. The lowest BCUT2D eigenvalue weighted by atomic mass is 10.2.